The molecule has 0 radical (unpaired) electrons. The van der Waals surface area contributed by atoms with Crippen LogP contribution in [0.5, 0.6) is 0 Å². The molecule has 0 saturated carbocycles. The number of likely N-dealkylation sites (tertiary alicyclic amines) is 1. The number of fused-ring (bicyclic) bond motifs is 2. The molecule has 2 atom stereocenters. The fraction of sp³-hybridized carbons (Fsp3) is 0.467. The molecule has 1 amide bonds. The van der Waals surface area contributed by atoms with Gasteiger partial charge in [0.05, 0.1) is 10.9 Å². The average Bonchev–Trinajstić information content (AvgIpc) is 2.72. The molecule has 5 heteroatoms. The van der Waals surface area contributed by atoms with Crippen LogP contribution in [-0.4, -0.2) is 53.5 Å². The first kappa shape index (κ1) is 13.6. The highest BCUT2D eigenvalue weighted by Crippen LogP contribution is 2.42. The number of hydrogen-bond donors (Lipinski definition) is 0. The molecule has 2 heterocycles. The lowest BCUT2D eigenvalue weighted by atomic mass is 10.3. The lowest BCUT2D eigenvalue weighted by Crippen LogP contribution is -2.42. The van der Waals surface area contributed by atoms with Crippen molar-refractivity contribution in [2.45, 2.75) is 29.5 Å². The molecule has 1 saturated heterocycles. The number of amides is 1. The molecule has 0 spiro atoms. The minimum absolute atomic E-state index is 0.187. The van der Waals surface area contributed by atoms with Gasteiger partial charge in [-0.2, -0.15) is 0 Å². The number of carbonyl (C=O) groups excluding carboxylic acids is 1. The van der Waals surface area contributed by atoms with Crippen molar-refractivity contribution in [2.24, 2.45) is 4.99 Å². The Morgan fingerprint density at radius 1 is 1.45 bits per heavy atom. The Hall–Kier alpha value is -1.33. The van der Waals surface area contributed by atoms with Crippen LogP contribution in [0.15, 0.2) is 34.2 Å². The quantitative estimate of drug-likeness (QED) is 0.857. The van der Waals surface area contributed by atoms with Gasteiger partial charge >= 0.3 is 0 Å². The third-order valence-corrected chi connectivity index (χ3v) is 5.18. The predicted octanol–water partition coefficient (Wildman–Crippen LogP) is 2.37. The summed E-state index contributed by atoms with van der Waals surface area (Å²) in [5.41, 5.74) is 0.987. The Kier molecular flexibility index (Phi) is 3.56. The van der Waals surface area contributed by atoms with Crippen molar-refractivity contribution in [1.82, 2.24) is 9.80 Å². The molecule has 4 nitrogen and oxygen atoms in total. The van der Waals surface area contributed by atoms with Crippen LogP contribution in [-0.2, 0) is 4.79 Å². The third-order valence-electron chi connectivity index (χ3n) is 3.92. The summed E-state index contributed by atoms with van der Waals surface area (Å²) in [6, 6.07) is 8.43. The van der Waals surface area contributed by atoms with Gasteiger partial charge in [-0.1, -0.05) is 12.1 Å². The van der Waals surface area contributed by atoms with Crippen LogP contribution < -0.4 is 0 Å². The molecule has 0 aliphatic carbocycles. The smallest absolute Gasteiger partial charge is 0.229 e. The van der Waals surface area contributed by atoms with E-state index in [-0.39, 0.29) is 11.2 Å². The van der Waals surface area contributed by atoms with Gasteiger partial charge in [0.25, 0.3) is 0 Å². The van der Waals surface area contributed by atoms with E-state index in [4.69, 9.17) is 4.99 Å². The molecule has 3 rings (SSSR count). The SMILES string of the molecule is C[C@@H](CN1C(=O)C[C@@H]2Sc3ccccc3N=C21)N(C)C. The number of carbonyl (C=O) groups is 1. The van der Waals surface area contributed by atoms with Crippen LogP contribution >= 0.6 is 11.8 Å². The van der Waals surface area contributed by atoms with E-state index in [2.05, 4.69) is 17.9 Å². The van der Waals surface area contributed by atoms with Gasteiger partial charge in [0.2, 0.25) is 5.91 Å². The van der Waals surface area contributed by atoms with E-state index in [1.165, 1.54) is 4.90 Å². The second kappa shape index (κ2) is 5.22. The number of rotatable bonds is 3. The maximum Gasteiger partial charge on any atom is 0.229 e. The molecule has 1 fully saturated rings. The van der Waals surface area contributed by atoms with Crippen LogP contribution in [0, 0.1) is 0 Å². The fourth-order valence-electron chi connectivity index (χ4n) is 2.44. The summed E-state index contributed by atoms with van der Waals surface area (Å²) in [5.74, 6) is 1.13. The highest BCUT2D eigenvalue weighted by atomic mass is 32.2. The summed E-state index contributed by atoms with van der Waals surface area (Å²) in [7, 11) is 4.07. The monoisotopic (exact) mass is 289 g/mol. The van der Waals surface area contributed by atoms with Gasteiger partial charge in [-0.15, -0.1) is 11.8 Å². The second-order valence-electron chi connectivity index (χ2n) is 5.57. The molecule has 106 valence electrons. The minimum Gasteiger partial charge on any atom is -0.305 e. The number of likely N-dealkylation sites (N-methyl/N-ethyl adjacent to an activating group) is 1. The second-order valence-corrected chi connectivity index (χ2v) is 6.81. The summed E-state index contributed by atoms with van der Waals surface area (Å²) < 4.78 is 0. The molecule has 1 aromatic rings. The van der Waals surface area contributed by atoms with E-state index < -0.39 is 0 Å². The maximum atomic E-state index is 12.3. The number of aliphatic imine (C=N–C) groups is 1. The number of amidine groups is 1. The van der Waals surface area contributed by atoms with Crippen LogP contribution in [0.25, 0.3) is 0 Å². The third kappa shape index (κ3) is 2.36. The first-order valence-corrected chi connectivity index (χ1v) is 7.75. The summed E-state index contributed by atoms with van der Waals surface area (Å²) in [6.07, 6.45) is 0.567. The van der Waals surface area contributed by atoms with Crippen molar-refractivity contribution in [3.8, 4) is 0 Å². The Morgan fingerprint density at radius 2 is 2.20 bits per heavy atom. The zero-order valence-electron chi connectivity index (χ0n) is 12.0. The molecule has 2 aliphatic heterocycles. The Balaban J connectivity index is 1.89. The molecule has 1 aromatic carbocycles. The van der Waals surface area contributed by atoms with Crippen molar-refractivity contribution < 1.29 is 4.79 Å². The zero-order valence-corrected chi connectivity index (χ0v) is 12.9. The fourth-order valence-corrected chi connectivity index (χ4v) is 3.65. The van der Waals surface area contributed by atoms with E-state index in [1.807, 2.05) is 37.2 Å². The molecule has 0 bridgehead atoms. The lowest BCUT2D eigenvalue weighted by Gasteiger charge is -2.28. The Labute approximate surface area is 123 Å². The van der Waals surface area contributed by atoms with Gasteiger partial charge in [-0.3, -0.25) is 9.69 Å². The number of benzene rings is 1. The van der Waals surface area contributed by atoms with E-state index in [0.717, 1.165) is 11.5 Å². The van der Waals surface area contributed by atoms with E-state index >= 15 is 0 Å². The van der Waals surface area contributed by atoms with E-state index in [9.17, 15) is 4.79 Å². The number of thioether (sulfide) groups is 1. The largest absolute Gasteiger partial charge is 0.305 e. The van der Waals surface area contributed by atoms with E-state index in [1.54, 1.807) is 11.8 Å². The van der Waals surface area contributed by atoms with Gasteiger partial charge < -0.3 is 4.90 Å². The number of hydrogen-bond acceptors (Lipinski definition) is 4. The molecule has 20 heavy (non-hydrogen) atoms. The highest BCUT2D eigenvalue weighted by Gasteiger charge is 2.40. The number of para-hydroxylation sites is 1. The topological polar surface area (TPSA) is 35.9 Å². The van der Waals surface area contributed by atoms with E-state index in [0.29, 0.717) is 19.0 Å². The maximum absolute atomic E-state index is 12.3. The summed E-state index contributed by atoms with van der Waals surface area (Å²) >= 11 is 1.76. The summed E-state index contributed by atoms with van der Waals surface area (Å²) in [5, 5.41) is 0.187. The number of nitrogens with zero attached hydrogens (tertiary/aromatic N) is 3. The molecule has 0 unspecified atom stereocenters. The molecule has 2 aliphatic rings. The first-order chi connectivity index (χ1) is 9.56. The molecule has 0 aromatic heterocycles. The molecule has 0 N–H and O–H groups in total. The van der Waals surface area contributed by atoms with Crippen molar-refractivity contribution >= 4 is 29.2 Å². The van der Waals surface area contributed by atoms with Crippen molar-refractivity contribution in [1.29, 1.82) is 0 Å². The summed E-state index contributed by atoms with van der Waals surface area (Å²) in [4.78, 5) is 22.2. The molecular weight excluding hydrogens is 270 g/mol. The van der Waals surface area contributed by atoms with Crippen LogP contribution in [0.1, 0.15) is 13.3 Å². The minimum atomic E-state index is 0.187. The lowest BCUT2D eigenvalue weighted by molar-refractivity contribution is -0.126. The van der Waals surface area contributed by atoms with Gasteiger partial charge in [0.15, 0.2) is 0 Å². The van der Waals surface area contributed by atoms with Crippen molar-refractivity contribution in [3.63, 3.8) is 0 Å². The van der Waals surface area contributed by atoms with Crippen molar-refractivity contribution in [3.05, 3.63) is 24.3 Å². The van der Waals surface area contributed by atoms with Gasteiger partial charge in [-0.05, 0) is 33.2 Å². The van der Waals surface area contributed by atoms with Crippen molar-refractivity contribution in [2.75, 3.05) is 20.6 Å². The average molecular weight is 289 g/mol. The first-order valence-electron chi connectivity index (χ1n) is 6.87. The predicted molar refractivity (Wildman–Crippen MR) is 82.7 cm³/mol. The zero-order chi connectivity index (χ0) is 14.3. The van der Waals surface area contributed by atoms with Crippen LogP contribution in [0.3, 0.4) is 0 Å². The standard InChI is InChI=1S/C15H19N3OS/c1-10(17(2)3)9-18-14(19)8-13-15(18)16-11-6-4-5-7-12(11)20-13/h4-7,10,13H,8-9H2,1-3H3/t10-,13-/m0/s1. The summed E-state index contributed by atoms with van der Waals surface area (Å²) in [6.45, 7) is 2.84. The van der Waals surface area contributed by atoms with Gasteiger partial charge in [-0.25, -0.2) is 4.99 Å². The highest BCUT2D eigenvalue weighted by molar-refractivity contribution is 8.01. The van der Waals surface area contributed by atoms with Gasteiger partial charge in [0.1, 0.15) is 5.84 Å². The Morgan fingerprint density at radius 3 is 2.95 bits per heavy atom. The van der Waals surface area contributed by atoms with Crippen LogP contribution in [0.4, 0.5) is 5.69 Å². The van der Waals surface area contributed by atoms with Crippen LogP contribution in [0.2, 0.25) is 0 Å². The van der Waals surface area contributed by atoms with Gasteiger partial charge in [0, 0.05) is 23.9 Å². The molecular formula is C15H19N3OS. The Bertz CT molecular complexity index is 570. The normalized spacial score (nSPS) is 22.6.